The van der Waals surface area contributed by atoms with Gasteiger partial charge < -0.3 is 9.52 Å². The first kappa shape index (κ1) is 30.6. The van der Waals surface area contributed by atoms with E-state index >= 15 is 0 Å². The summed E-state index contributed by atoms with van der Waals surface area (Å²) in [4.78, 5) is 10.3. The molecular weight excluding hydrogens is 651 g/mol. The second kappa shape index (κ2) is 12.5. The van der Waals surface area contributed by atoms with Crippen molar-refractivity contribution in [1.82, 2.24) is 14.5 Å². The molecule has 53 heavy (non-hydrogen) atoms. The van der Waals surface area contributed by atoms with Gasteiger partial charge in [0.1, 0.15) is 17.2 Å². The Balaban J connectivity index is 1.23. The summed E-state index contributed by atoms with van der Waals surface area (Å²) in [5, 5.41) is 13.3. The number of imidazole rings is 1. The minimum Gasteiger partial charge on any atom is -0.507 e. The smallest absolute Gasteiger partial charge is 0.153 e. The third kappa shape index (κ3) is 5.26. The lowest BCUT2D eigenvalue weighted by molar-refractivity contribution is 0.477. The Labute approximate surface area is 305 Å². The zero-order chi connectivity index (χ0) is 35.3. The Bertz CT molecular complexity index is 2960. The van der Waals surface area contributed by atoms with Crippen molar-refractivity contribution in [2.45, 2.75) is 0 Å². The molecule has 0 amide bonds. The van der Waals surface area contributed by atoms with E-state index in [1.54, 1.807) is 6.07 Å². The molecular formula is C48H31N3O2. The molecule has 0 bridgehead atoms. The number of para-hydroxylation sites is 4. The summed E-state index contributed by atoms with van der Waals surface area (Å²) in [6.45, 7) is 0. The average Bonchev–Trinajstić information content (AvgIpc) is 3.80. The van der Waals surface area contributed by atoms with E-state index in [1.165, 1.54) is 0 Å². The van der Waals surface area contributed by atoms with E-state index in [4.69, 9.17) is 14.4 Å². The zero-order valence-electron chi connectivity index (χ0n) is 28.5. The van der Waals surface area contributed by atoms with E-state index in [1.807, 2.05) is 54.7 Å². The SMILES string of the molecule is Oc1ccccc1-c1nc2c(-c3cc(-c4ccccc4)cc(-c4cc5c(cn4)oc4ccccc45)c3)cccc2n1-c1ccccc1-c1ccccc1. The molecule has 5 heteroatoms. The van der Waals surface area contributed by atoms with Crippen LogP contribution in [0.3, 0.4) is 0 Å². The first-order chi connectivity index (χ1) is 26.2. The highest BCUT2D eigenvalue weighted by molar-refractivity contribution is 6.06. The van der Waals surface area contributed by atoms with Gasteiger partial charge in [-0.2, -0.15) is 0 Å². The summed E-state index contributed by atoms with van der Waals surface area (Å²) in [6.07, 6.45) is 1.82. The predicted octanol–water partition coefficient (Wildman–Crippen LogP) is 12.4. The lowest BCUT2D eigenvalue weighted by atomic mass is 9.94. The number of pyridine rings is 1. The fourth-order valence-corrected chi connectivity index (χ4v) is 7.47. The molecule has 0 unspecified atom stereocenters. The number of furan rings is 1. The van der Waals surface area contributed by atoms with Crippen molar-refractivity contribution in [3.8, 4) is 67.5 Å². The maximum atomic E-state index is 11.2. The van der Waals surface area contributed by atoms with E-state index in [0.717, 1.165) is 83.3 Å². The predicted molar refractivity (Wildman–Crippen MR) is 215 cm³/mol. The largest absolute Gasteiger partial charge is 0.507 e. The van der Waals surface area contributed by atoms with Gasteiger partial charge in [0, 0.05) is 27.5 Å². The van der Waals surface area contributed by atoms with E-state index < -0.39 is 0 Å². The van der Waals surface area contributed by atoms with Crippen molar-refractivity contribution in [3.05, 3.63) is 182 Å². The van der Waals surface area contributed by atoms with Crippen LogP contribution in [-0.2, 0) is 0 Å². The molecule has 0 spiro atoms. The molecule has 3 heterocycles. The van der Waals surface area contributed by atoms with Gasteiger partial charge in [0.05, 0.1) is 34.2 Å². The molecule has 0 saturated heterocycles. The molecule has 0 aliphatic heterocycles. The van der Waals surface area contributed by atoms with Crippen LogP contribution in [-0.4, -0.2) is 19.6 Å². The summed E-state index contributed by atoms with van der Waals surface area (Å²) in [6, 6.07) is 59.8. The number of rotatable bonds is 6. The minimum absolute atomic E-state index is 0.171. The van der Waals surface area contributed by atoms with E-state index in [2.05, 4.69) is 126 Å². The molecule has 0 fully saturated rings. The Morgan fingerprint density at radius 1 is 0.472 bits per heavy atom. The molecule has 7 aromatic carbocycles. The summed E-state index contributed by atoms with van der Waals surface area (Å²) < 4.78 is 8.30. The van der Waals surface area contributed by atoms with Gasteiger partial charge in [0.2, 0.25) is 0 Å². The van der Waals surface area contributed by atoms with Crippen LogP contribution >= 0.6 is 0 Å². The van der Waals surface area contributed by atoms with Crippen molar-refractivity contribution >= 4 is 33.0 Å². The van der Waals surface area contributed by atoms with Crippen LogP contribution in [0.1, 0.15) is 0 Å². The molecule has 0 aliphatic rings. The maximum absolute atomic E-state index is 11.2. The second-order valence-corrected chi connectivity index (χ2v) is 13.2. The van der Waals surface area contributed by atoms with Crippen LogP contribution in [0, 0.1) is 0 Å². The normalized spacial score (nSPS) is 11.5. The van der Waals surface area contributed by atoms with Crippen LogP contribution in [0.25, 0.3) is 94.7 Å². The quantitative estimate of drug-likeness (QED) is 0.190. The highest BCUT2D eigenvalue weighted by atomic mass is 16.3. The molecule has 1 N–H and O–H groups in total. The number of aromatic nitrogens is 3. The number of aromatic hydroxyl groups is 1. The van der Waals surface area contributed by atoms with Gasteiger partial charge in [-0.05, 0) is 76.9 Å². The number of phenols is 1. The van der Waals surface area contributed by atoms with E-state index in [9.17, 15) is 5.11 Å². The maximum Gasteiger partial charge on any atom is 0.153 e. The van der Waals surface area contributed by atoms with Gasteiger partial charge in [0.15, 0.2) is 5.58 Å². The lowest BCUT2D eigenvalue weighted by Gasteiger charge is -2.15. The topological polar surface area (TPSA) is 64.1 Å². The summed E-state index contributed by atoms with van der Waals surface area (Å²) in [7, 11) is 0. The fraction of sp³-hybridized carbons (Fsp3) is 0. The van der Waals surface area contributed by atoms with Gasteiger partial charge in [0.25, 0.3) is 0 Å². The van der Waals surface area contributed by atoms with Gasteiger partial charge in [-0.25, -0.2) is 4.98 Å². The number of hydrogen-bond acceptors (Lipinski definition) is 4. The van der Waals surface area contributed by atoms with Crippen molar-refractivity contribution in [2.24, 2.45) is 0 Å². The summed E-state index contributed by atoms with van der Waals surface area (Å²) in [5.74, 6) is 0.830. The Morgan fingerprint density at radius 2 is 1.13 bits per heavy atom. The number of benzene rings is 7. The highest BCUT2D eigenvalue weighted by Crippen LogP contribution is 2.41. The van der Waals surface area contributed by atoms with E-state index in [-0.39, 0.29) is 5.75 Å². The van der Waals surface area contributed by atoms with Crippen LogP contribution in [0.2, 0.25) is 0 Å². The average molecular weight is 682 g/mol. The standard InChI is InChI=1S/C48H31N3O2/c52-44-24-11-8-20-39(44)48-50-47-37(21-13-23-43(47)51(48)42-22-10-7-18-36(42)32-16-5-2-6-17-32)34-26-33(31-14-3-1-4-15-31)27-35(28-34)41-29-40-38-19-9-12-25-45(38)53-46(40)30-49-41/h1-30,52H. The molecule has 0 aliphatic carbocycles. The van der Waals surface area contributed by atoms with E-state index in [0.29, 0.717) is 11.4 Å². The third-order valence-electron chi connectivity index (χ3n) is 9.97. The third-order valence-corrected chi connectivity index (χ3v) is 9.97. The van der Waals surface area contributed by atoms with Gasteiger partial charge in [-0.1, -0.05) is 121 Å². The molecule has 10 aromatic rings. The first-order valence-electron chi connectivity index (χ1n) is 17.6. The van der Waals surface area contributed by atoms with Gasteiger partial charge >= 0.3 is 0 Å². The van der Waals surface area contributed by atoms with Crippen LogP contribution < -0.4 is 0 Å². The van der Waals surface area contributed by atoms with Gasteiger partial charge in [-0.3, -0.25) is 9.55 Å². The number of fused-ring (bicyclic) bond motifs is 4. The molecule has 250 valence electrons. The number of hydrogen-bond donors (Lipinski definition) is 1. The first-order valence-corrected chi connectivity index (χ1v) is 17.6. The van der Waals surface area contributed by atoms with Gasteiger partial charge in [-0.15, -0.1) is 0 Å². The Kier molecular flexibility index (Phi) is 7.22. The lowest BCUT2D eigenvalue weighted by Crippen LogP contribution is -2.00. The second-order valence-electron chi connectivity index (χ2n) is 13.2. The zero-order valence-corrected chi connectivity index (χ0v) is 28.5. The molecule has 0 saturated carbocycles. The monoisotopic (exact) mass is 681 g/mol. The molecule has 0 atom stereocenters. The van der Waals surface area contributed by atoms with Crippen molar-refractivity contribution in [2.75, 3.05) is 0 Å². The highest BCUT2D eigenvalue weighted by Gasteiger charge is 2.22. The van der Waals surface area contributed by atoms with Crippen LogP contribution in [0.5, 0.6) is 5.75 Å². The van der Waals surface area contributed by atoms with Crippen LogP contribution in [0.4, 0.5) is 0 Å². The fourth-order valence-electron chi connectivity index (χ4n) is 7.47. The summed E-state index contributed by atoms with van der Waals surface area (Å²) >= 11 is 0. The number of nitrogens with zero attached hydrogens (tertiary/aromatic N) is 3. The summed E-state index contributed by atoms with van der Waals surface area (Å²) in [5.41, 5.74) is 13.2. The minimum atomic E-state index is 0.171. The molecule has 3 aromatic heterocycles. The Hall–Kier alpha value is -7.24. The van der Waals surface area contributed by atoms with Crippen molar-refractivity contribution in [1.29, 1.82) is 0 Å². The van der Waals surface area contributed by atoms with Crippen molar-refractivity contribution < 1.29 is 9.52 Å². The molecule has 5 nitrogen and oxygen atoms in total. The van der Waals surface area contributed by atoms with Crippen molar-refractivity contribution in [3.63, 3.8) is 0 Å². The Morgan fingerprint density at radius 3 is 1.96 bits per heavy atom. The molecule has 10 rings (SSSR count). The van der Waals surface area contributed by atoms with Crippen LogP contribution in [0.15, 0.2) is 187 Å². The molecule has 0 radical (unpaired) electrons. The number of phenolic OH excluding ortho intramolecular Hbond substituents is 1.